The number of carbonyl (C=O) groups is 3. The summed E-state index contributed by atoms with van der Waals surface area (Å²) in [5.41, 5.74) is 2.43. The van der Waals surface area contributed by atoms with Crippen molar-refractivity contribution in [2.24, 2.45) is 0 Å². The van der Waals surface area contributed by atoms with Crippen LogP contribution in [0.5, 0.6) is 11.5 Å². The van der Waals surface area contributed by atoms with Crippen molar-refractivity contribution in [1.29, 1.82) is 0 Å². The Balaban J connectivity index is 1.77. The minimum absolute atomic E-state index is 0.0301. The zero-order chi connectivity index (χ0) is 24.5. The first kappa shape index (κ1) is 23.0. The molecule has 3 aromatic carbocycles. The lowest BCUT2D eigenvalue weighted by molar-refractivity contribution is -0.122. The van der Waals surface area contributed by atoms with Gasteiger partial charge in [-0.3, -0.25) is 4.79 Å². The van der Waals surface area contributed by atoms with Crippen LogP contribution in [0.15, 0.2) is 60.7 Å². The summed E-state index contributed by atoms with van der Waals surface area (Å²) in [6.45, 7) is 3.62. The summed E-state index contributed by atoms with van der Waals surface area (Å²) in [7, 11) is 2.79. The summed E-state index contributed by atoms with van der Waals surface area (Å²) in [6, 6.07) is 17.2. The molecule has 0 radical (unpaired) electrons. The van der Waals surface area contributed by atoms with E-state index >= 15 is 0 Å². The highest BCUT2D eigenvalue weighted by molar-refractivity contribution is 6.06. The Morgan fingerprint density at radius 2 is 1.62 bits per heavy atom. The van der Waals surface area contributed by atoms with Gasteiger partial charge in [0.15, 0.2) is 5.78 Å². The number of hydrogen-bond acceptors (Lipinski definition) is 7. The van der Waals surface area contributed by atoms with E-state index in [1.165, 1.54) is 14.2 Å². The van der Waals surface area contributed by atoms with Crippen LogP contribution >= 0.6 is 0 Å². The highest BCUT2D eigenvalue weighted by Gasteiger charge is 2.36. The summed E-state index contributed by atoms with van der Waals surface area (Å²) >= 11 is 0. The van der Waals surface area contributed by atoms with Gasteiger partial charge >= 0.3 is 11.9 Å². The van der Waals surface area contributed by atoms with E-state index in [0.717, 1.165) is 0 Å². The first-order chi connectivity index (χ1) is 16.2. The molecule has 0 unspecified atom stereocenters. The first-order valence-electron chi connectivity index (χ1n) is 10.8. The lowest BCUT2D eigenvalue weighted by Crippen LogP contribution is -2.45. The molecular weight excluding hydrogens is 434 g/mol. The summed E-state index contributed by atoms with van der Waals surface area (Å²) in [5.74, 6) is -0.378. The van der Waals surface area contributed by atoms with Crippen molar-refractivity contribution < 1.29 is 28.6 Å². The van der Waals surface area contributed by atoms with Crippen LogP contribution in [0.3, 0.4) is 0 Å². The topological polar surface area (TPSA) is 90.9 Å². The van der Waals surface area contributed by atoms with E-state index in [-0.39, 0.29) is 12.2 Å². The molecule has 1 N–H and O–H groups in total. The molecule has 0 fully saturated rings. The van der Waals surface area contributed by atoms with Crippen molar-refractivity contribution in [2.75, 3.05) is 19.5 Å². The predicted molar refractivity (Wildman–Crippen MR) is 128 cm³/mol. The highest BCUT2D eigenvalue weighted by atomic mass is 16.5. The van der Waals surface area contributed by atoms with Crippen LogP contribution in [0.1, 0.15) is 40.1 Å². The van der Waals surface area contributed by atoms with E-state index in [4.69, 9.17) is 14.2 Å². The molecule has 0 atom stereocenters. The van der Waals surface area contributed by atoms with E-state index in [2.05, 4.69) is 5.32 Å². The van der Waals surface area contributed by atoms with E-state index in [1.54, 1.807) is 48.5 Å². The molecule has 174 valence electrons. The van der Waals surface area contributed by atoms with Gasteiger partial charge in [0.2, 0.25) is 0 Å². The predicted octanol–water partition coefficient (Wildman–Crippen LogP) is 4.68. The minimum atomic E-state index is -0.732. The van der Waals surface area contributed by atoms with Crippen LogP contribution in [0, 0.1) is 0 Å². The van der Waals surface area contributed by atoms with Gasteiger partial charge in [-0.2, -0.15) is 0 Å². The maximum Gasteiger partial charge on any atom is 0.343 e. The Labute approximate surface area is 197 Å². The fourth-order valence-corrected chi connectivity index (χ4v) is 3.99. The number of ketones is 1. The molecule has 1 aliphatic heterocycles. The number of Topliss-reactive ketones (excluding diaryl/α,β-unsaturated/α-hetero) is 1. The summed E-state index contributed by atoms with van der Waals surface area (Å²) in [5, 5.41) is 3.21. The SMILES string of the molecule is COC(=O)c1c(-c2ccc(OC(=O)c3ccccc3)cc2OC)ccc2c1CC(=O)C(C)(C)N2. The minimum Gasteiger partial charge on any atom is -0.496 e. The molecular formula is C27H25NO6. The van der Waals surface area contributed by atoms with Gasteiger partial charge in [0.25, 0.3) is 0 Å². The largest absolute Gasteiger partial charge is 0.496 e. The molecule has 3 aromatic rings. The monoisotopic (exact) mass is 459 g/mol. The zero-order valence-electron chi connectivity index (χ0n) is 19.4. The second-order valence-electron chi connectivity index (χ2n) is 8.47. The van der Waals surface area contributed by atoms with Crippen LogP contribution in [0.4, 0.5) is 5.69 Å². The van der Waals surface area contributed by atoms with Crippen LogP contribution in [-0.2, 0) is 16.0 Å². The lowest BCUT2D eigenvalue weighted by atomic mass is 9.83. The molecule has 7 nitrogen and oxygen atoms in total. The molecule has 7 heteroatoms. The molecule has 0 bridgehead atoms. The van der Waals surface area contributed by atoms with E-state index in [0.29, 0.717) is 45.0 Å². The summed E-state index contributed by atoms with van der Waals surface area (Å²) < 4.78 is 16.1. The average Bonchev–Trinajstić information content (AvgIpc) is 2.84. The fraction of sp³-hybridized carbons (Fsp3) is 0.222. The number of esters is 2. The molecule has 1 aliphatic rings. The highest BCUT2D eigenvalue weighted by Crippen LogP contribution is 2.41. The van der Waals surface area contributed by atoms with Gasteiger partial charge in [-0.1, -0.05) is 24.3 Å². The van der Waals surface area contributed by atoms with Crippen LogP contribution in [-0.4, -0.2) is 37.5 Å². The van der Waals surface area contributed by atoms with Crippen molar-refractivity contribution in [3.63, 3.8) is 0 Å². The van der Waals surface area contributed by atoms with E-state index in [9.17, 15) is 14.4 Å². The summed E-state index contributed by atoms with van der Waals surface area (Å²) in [6.07, 6.45) is 0.0999. The number of anilines is 1. The third kappa shape index (κ3) is 4.24. The average molecular weight is 459 g/mol. The van der Waals surface area contributed by atoms with Gasteiger partial charge in [0.1, 0.15) is 11.5 Å². The molecule has 0 aromatic heterocycles. The van der Waals surface area contributed by atoms with Crippen LogP contribution < -0.4 is 14.8 Å². The fourth-order valence-electron chi connectivity index (χ4n) is 3.99. The third-order valence-electron chi connectivity index (χ3n) is 5.87. The second kappa shape index (κ2) is 9.02. The van der Waals surface area contributed by atoms with Gasteiger partial charge in [0, 0.05) is 29.3 Å². The smallest absolute Gasteiger partial charge is 0.343 e. The Morgan fingerprint density at radius 1 is 0.912 bits per heavy atom. The number of nitrogens with one attached hydrogen (secondary N) is 1. The van der Waals surface area contributed by atoms with Crippen molar-refractivity contribution in [3.8, 4) is 22.6 Å². The van der Waals surface area contributed by atoms with Gasteiger partial charge < -0.3 is 19.5 Å². The normalized spacial score (nSPS) is 13.9. The molecule has 0 amide bonds. The lowest BCUT2D eigenvalue weighted by Gasteiger charge is -2.33. The Kier molecular flexibility index (Phi) is 6.11. The molecule has 34 heavy (non-hydrogen) atoms. The number of rotatable bonds is 5. The van der Waals surface area contributed by atoms with Crippen LogP contribution in [0.2, 0.25) is 0 Å². The van der Waals surface area contributed by atoms with Crippen LogP contribution in [0.25, 0.3) is 11.1 Å². The quantitative estimate of drug-likeness (QED) is 0.437. The van der Waals surface area contributed by atoms with Gasteiger partial charge in [0.05, 0.1) is 30.9 Å². The maximum absolute atomic E-state index is 12.8. The number of methoxy groups -OCH3 is 2. The number of hydrogen-bond donors (Lipinski definition) is 1. The molecule has 0 saturated carbocycles. The van der Waals surface area contributed by atoms with Gasteiger partial charge in [-0.25, -0.2) is 9.59 Å². The zero-order valence-corrected chi connectivity index (χ0v) is 19.4. The number of carbonyl (C=O) groups excluding carboxylic acids is 3. The van der Waals surface area contributed by atoms with Gasteiger partial charge in [-0.15, -0.1) is 0 Å². The molecule has 0 aliphatic carbocycles. The molecule has 0 spiro atoms. The second-order valence-corrected chi connectivity index (χ2v) is 8.47. The third-order valence-corrected chi connectivity index (χ3v) is 5.87. The van der Waals surface area contributed by atoms with E-state index in [1.807, 2.05) is 26.0 Å². The van der Waals surface area contributed by atoms with Gasteiger partial charge in [-0.05, 0) is 49.7 Å². The Hall–Kier alpha value is -4.13. The molecule has 1 heterocycles. The number of benzene rings is 3. The first-order valence-corrected chi connectivity index (χ1v) is 10.8. The van der Waals surface area contributed by atoms with Crippen molar-refractivity contribution in [2.45, 2.75) is 25.8 Å². The van der Waals surface area contributed by atoms with Crippen molar-refractivity contribution in [3.05, 3.63) is 77.4 Å². The molecule has 4 rings (SSSR count). The number of fused-ring (bicyclic) bond motifs is 1. The summed E-state index contributed by atoms with van der Waals surface area (Å²) in [4.78, 5) is 38.0. The van der Waals surface area contributed by atoms with E-state index < -0.39 is 17.5 Å². The number of ether oxygens (including phenoxy) is 3. The molecule has 0 saturated heterocycles. The van der Waals surface area contributed by atoms with Crippen molar-refractivity contribution in [1.82, 2.24) is 0 Å². The Bertz CT molecular complexity index is 1280. The van der Waals surface area contributed by atoms with Crippen molar-refractivity contribution >= 4 is 23.4 Å². The maximum atomic E-state index is 12.8. The standard InChI is InChI=1S/C27H25NO6/c1-27(2)23(29)15-20-21(28-27)13-12-19(24(20)26(31)33-4)18-11-10-17(14-22(18)32-3)34-25(30)16-8-6-5-7-9-16/h5-14,28H,15H2,1-4H3. The Morgan fingerprint density at radius 3 is 2.29 bits per heavy atom.